The molecule has 0 bridgehead atoms. The summed E-state index contributed by atoms with van der Waals surface area (Å²) in [5.41, 5.74) is 1.08. The molecule has 3 aromatic rings. The fourth-order valence-electron chi connectivity index (χ4n) is 3.10. The maximum absolute atomic E-state index is 12.8. The average molecular weight is 488 g/mol. The van der Waals surface area contributed by atoms with Crippen LogP contribution in [-0.2, 0) is 11.8 Å². The third kappa shape index (κ3) is 6.27. The summed E-state index contributed by atoms with van der Waals surface area (Å²) in [5, 5.41) is 15.4. The van der Waals surface area contributed by atoms with Crippen molar-refractivity contribution in [1.82, 2.24) is 20.1 Å². The molecule has 0 fully saturated rings. The molecule has 0 spiro atoms. The summed E-state index contributed by atoms with van der Waals surface area (Å²) in [6.07, 6.45) is 0. The number of methoxy groups -OCH3 is 1. The van der Waals surface area contributed by atoms with Crippen molar-refractivity contribution in [1.29, 1.82) is 0 Å². The molecule has 8 nitrogen and oxygen atoms in total. The van der Waals surface area contributed by atoms with Crippen LogP contribution in [0.3, 0.4) is 0 Å². The zero-order valence-electron chi connectivity index (χ0n) is 18.8. The first-order chi connectivity index (χ1) is 15.8. The van der Waals surface area contributed by atoms with Crippen LogP contribution < -0.4 is 15.4 Å². The van der Waals surface area contributed by atoms with Crippen molar-refractivity contribution in [3.05, 3.63) is 64.9 Å². The van der Waals surface area contributed by atoms with Crippen LogP contribution in [0.15, 0.2) is 53.7 Å². The number of amides is 2. The molecule has 2 amide bonds. The summed E-state index contributed by atoms with van der Waals surface area (Å²) in [5.74, 6) is 1.08. The summed E-state index contributed by atoms with van der Waals surface area (Å²) in [6.45, 7) is 4.00. The first-order valence-electron chi connectivity index (χ1n) is 10.3. The molecule has 0 saturated carbocycles. The minimum Gasteiger partial charge on any atom is -0.497 e. The van der Waals surface area contributed by atoms with Crippen LogP contribution in [-0.4, -0.2) is 39.4 Å². The molecule has 0 saturated heterocycles. The molecule has 0 aliphatic rings. The fraction of sp³-hybridized carbons (Fsp3) is 0.304. The number of carbonyl (C=O) groups excluding carboxylic acids is 2. The van der Waals surface area contributed by atoms with Gasteiger partial charge in [-0.2, -0.15) is 0 Å². The maximum atomic E-state index is 12.8. The van der Waals surface area contributed by atoms with E-state index >= 15 is 0 Å². The standard InChI is InChI=1S/C23H26ClN5O3S/c1-14(2)20(26-22(31)15-9-11-16(32-4)12-10-15)21-27-28-23(29(21)3)33-13-19(30)25-18-8-6-5-7-17(18)24/h5-12,14,20H,13H2,1-4H3,(H,25,30)(H,26,31). The Morgan fingerprint density at radius 2 is 1.82 bits per heavy atom. The van der Waals surface area contributed by atoms with Gasteiger partial charge in [-0.3, -0.25) is 9.59 Å². The Hall–Kier alpha value is -3.04. The molecule has 0 aliphatic heterocycles. The van der Waals surface area contributed by atoms with E-state index in [0.717, 1.165) is 0 Å². The monoisotopic (exact) mass is 487 g/mol. The van der Waals surface area contributed by atoms with Gasteiger partial charge in [0.15, 0.2) is 11.0 Å². The number of nitrogens with one attached hydrogen (secondary N) is 2. The van der Waals surface area contributed by atoms with Crippen molar-refractivity contribution < 1.29 is 14.3 Å². The highest BCUT2D eigenvalue weighted by molar-refractivity contribution is 7.99. The van der Waals surface area contributed by atoms with E-state index in [-0.39, 0.29) is 29.5 Å². The third-order valence-corrected chi connectivity index (χ3v) is 6.28. The lowest BCUT2D eigenvalue weighted by Crippen LogP contribution is -2.33. The smallest absolute Gasteiger partial charge is 0.251 e. The van der Waals surface area contributed by atoms with Crippen molar-refractivity contribution in [3.8, 4) is 5.75 Å². The minimum absolute atomic E-state index is 0.0662. The van der Waals surface area contributed by atoms with Gasteiger partial charge in [-0.05, 0) is 42.3 Å². The Balaban J connectivity index is 1.66. The topological polar surface area (TPSA) is 98.1 Å². The van der Waals surface area contributed by atoms with Crippen LogP contribution in [0.1, 0.15) is 36.1 Å². The number of ether oxygens (including phenoxy) is 1. The molecular formula is C23H26ClN5O3S. The highest BCUT2D eigenvalue weighted by Gasteiger charge is 2.25. The lowest BCUT2D eigenvalue weighted by molar-refractivity contribution is -0.113. The van der Waals surface area contributed by atoms with E-state index in [1.807, 2.05) is 20.9 Å². The summed E-state index contributed by atoms with van der Waals surface area (Å²) in [7, 11) is 3.40. The van der Waals surface area contributed by atoms with Crippen LogP contribution in [0.2, 0.25) is 5.02 Å². The van der Waals surface area contributed by atoms with Gasteiger partial charge in [0, 0.05) is 12.6 Å². The highest BCUT2D eigenvalue weighted by Crippen LogP contribution is 2.25. The Bertz CT molecular complexity index is 1120. The number of rotatable bonds is 9. The molecule has 33 heavy (non-hydrogen) atoms. The third-order valence-electron chi connectivity index (χ3n) is 4.93. The van der Waals surface area contributed by atoms with Crippen molar-refractivity contribution >= 4 is 40.9 Å². The largest absolute Gasteiger partial charge is 0.497 e. The van der Waals surface area contributed by atoms with E-state index < -0.39 is 0 Å². The predicted octanol–water partition coefficient (Wildman–Crippen LogP) is 4.34. The molecule has 0 aliphatic carbocycles. The van der Waals surface area contributed by atoms with E-state index in [9.17, 15) is 9.59 Å². The number of hydrogen-bond donors (Lipinski definition) is 2. The fourth-order valence-corrected chi connectivity index (χ4v) is 4.00. The van der Waals surface area contributed by atoms with Crippen LogP contribution >= 0.6 is 23.4 Å². The SMILES string of the molecule is COc1ccc(C(=O)NC(c2nnc(SCC(=O)Nc3ccccc3Cl)n2C)C(C)C)cc1. The van der Waals surface area contributed by atoms with Gasteiger partial charge >= 0.3 is 0 Å². The Morgan fingerprint density at radius 1 is 1.12 bits per heavy atom. The molecule has 10 heteroatoms. The van der Waals surface area contributed by atoms with Gasteiger partial charge in [-0.1, -0.05) is 49.3 Å². The van der Waals surface area contributed by atoms with Crippen LogP contribution in [0.5, 0.6) is 5.75 Å². The molecule has 1 aromatic heterocycles. The average Bonchev–Trinajstić information content (AvgIpc) is 3.17. The van der Waals surface area contributed by atoms with Crippen LogP contribution in [0, 0.1) is 5.92 Å². The summed E-state index contributed by atoms with van der Waals surface area (Å²) in [6, 6.07) is 13.6. The molecule has 1 heterocycles. The number of para-hydroxylation sites is 1. The van der Waals surface area contributed by atoms with Gasteiger partial charge in [-0.15, -0.1) is 10.2 Å². The van der Waals surface area contributed by atoms with Gasteiger partial charge in [0.2, 0.25) is 5.91 Å². The lowest BCUT2D eigenvalue weighted by atomic mass is 10.0. The second kappa shape index (κ2) is 11.2. The number of anilines is 1. The number of halogens is 1. The van der Waals surface area contributed by atoms with Crippen molar-refractivity contribution in [2.45, 2.75) is 25.0 Å². The van der Waals surface area contributed by atoms with Crippen molar-refractivity contribution in [2.24, 2.45) is 13.0 Å². The first kappa shape index (κ1) is 24.6. The van der Waals surface area contributed by atoms with Crippen LogP contribution in [0.4, 0.5) is 5.69 Å². The molecule has 2 aromatic carbocycles. The molecule has 0 radical (unpaired) electrons. The predicted molar refractivity (Wildman–Crippen MR) is 130 cm³/mol. The van der Waals surface area contributed by atoms with Gasteiger partial charge in [0.05, 0.1) is 29.6 Å². The number of hydrogen-bond acceptors (Lipinski definition) is 6. The highest BCUT2D eigenvalue weighted by atomic mass is 35.5. The molecule has 1 unspecified atom stereocenters. The number of thioether (sulfide) groups is 1. The van der Waals surface area contributed by atoms with Crippen molar-refractivity contribution in [3.63, 3.8) is 0 Å². The molecule has 3 rings (SSSR count). The molecule has 1 atom stereocenters. The lowest BCUT2D eigenvalue weighted by Gasteiger charge is -2.21. The quantitative estimate of drug-likeness (QED) is 0.436. The van der Waals surface area contributed by atoms with E-state index in [2.05, 4.69) is 20.8 Å². The Kier molecular flexibility index (Phi) is 8.35. The van der Waals surface area contributed by atoms with E-state index in [1.165, 1.54) is 11.8 Å². The normalized spacial score (nSPS) is 11.8. The van der Waals surface area contributed by atoms with E-state index in [1.54, 1.807) is 60.2 Å². The Morgan fingerprint density at radius 3 is 2.45 bits per heavy atom. The van der Waals surface area contributed by atoms with Gasteiger partial charge in [0.1, 0.15) is 5.75 Å². The minimum atomic E-state index is -0.358. The first-order valence-corrected chi connectivity index (χ1v) is 11.7. The summed E-state index contributed by atoms with van der Waals surface area (Å²) >= 11 is 7.35. The Labute approximate surface area is 202 Å². The second-order valence-corrected chi connectivity index (χ2v) is 8.99. The molecule has 174 valence electrons. The zero-order chi connectivity index (χ0) is 24.0. The van der Waals surface area contributed by atoms with E-state index in [0.29, 0.717) is 33.0 Å². The van der Waals surface area contributed by atoms with Gasteiger partial charge in [-0.25, -0.2) is 0 Å². The number of carbonyl (C=O) groups is 2. The van der Waals surface area contributed by atoms with Gasteiger partial charge in [0.25, 0.3) is 5.91 Å². The summed E-state index contributed by atoms with van der Waals surface area (Å²) in [4.78, 5) is 25.1. The van der Waals surface area contributed by atoms with Crippen LogP contribution in [0.25, 0.3) is 0 Å². The zero-order valence-corrected chi connectivity index (χ0v) is 20.4. The van der Waals surface area contributed by atoms with Crippen molar-refractivity contribution in [2.75, 3.05) is 18.2 Å². The van der Waals surface area contributed by atoms with E-state index in [4.69, 9.17) is 16.3 Å². The molecule has 2 N–H and O–H groups in total. The maximum Gasteiger partial charge on any atom is 0.251 e. The van der Waals surface area contributed by atoms with Gasteiger partial charge < -0.3 is 19.9 Å². The second-order valence-electron chi connectivity index (χ2n) is 7.64. The number of nitrogens with zero attached hydrogens (tertiary/aromatic N) is 3. The number of benzene rings is 2. The summed E-state index contributed by atoms with van der Waals surface area (Å²) < 4.78 is 6.94. The molecular weight excluding hydrogens is 462 g/mol. The number of aromatic nitrogens is 3.